The van der Waals surface area contributed by atoms with E-state index in [0.717, 1.165) is 12.8 Å². The summed E-state index contributed by atoms with van der Waals surface area (Å²) < 4.78 is 0. The highest BCUT2D eigenvalue weighted by atomic mass is 16.6. The molecular weight excluding hydrogens is 236 g/mol. The van der Waals surface area contributed by atoms with Crippen LogP contribution in [0.25, 0.3) is 0 Å². The van der Waals surface area contributed by atoms with Crippen LogP contribution in [0, 0.1) is 10.1 Å². The lowest BCUT2D eigenvalue weighted by molar-refractivity contribution is -0.384. The maximum absolute atomic E-state index is 11.4. The van der Waals surface area contributed by atoms with E-state index in [1.807, 2.05) is 0 Å². The number of carbonyl (C=O) groups is 1. The Morgan fingerprint density at radius 2 is 2.33 bits per heavy atom. The summed E-state index contributed by atoms with van der Waals surface area (Å²) in [5.74, 6) is 0.402. The number of rotatable bonds is 6. The number of amides is 1. The minimum Gasteiger partial charge on any atom is -0.369 e. The number of anilines is 1. The van der Waals surface area contributed by atoms with Gasteiger partial charge in [0.2, 0.25) is 5.91 Å². The molecule has 1 aliphatic carbocycles. The van der Waals surface area contributed by atoms with Crippen molar-refractivity contribution in [3.05, 3.63) is 28.4 Å². The van der Waals surface area contributed by atoms with Crippen molar-refractivity contribution in [2.24, 2.45) is 0 Å². The van der Waals surface area contributed by atoms with Gasteiger partial charge in [-0.15, -0.1) is 0 Å². The second-order valence-electron chi connectivity index (χ2n) is 4.17. The lowest BCUT2D eigenvalue weighted by atomic mass is 10.3. The molecule has 0 saturated heterocycles. The topological polar surface area (TPSA) is 97.2 Å². The van der Waals surface area contributed by atoms with Crippen LogP contribution < -0.4 is 10.6 Å². The first-order chi connectivity index (χ1) is 8.65. The number of aromatic nitrogens is 1. The number of nitro groups is 1. The molecule has 7 nitrogen and oxygen atoms in total. The zero-order valence-electron chi connectivity index (χ0n) is 9.76. The van der Waals surface area contributed by atoms with Crippen molar-refractivity contribution in [2.75, 3.05) is 11.9 Å². The smallest absolute Gasteiger partial charge is 0.274 e. The molecule has 1 heterocycles. The molecule has 96 valence electrons. The summed E-state index contributed by atoms with van der Waals surface area (Å²) in [6.45, 7) is 0.409. The maximum atomic E-state index is 11.4. The van der Waals surface area contributed by atoms with Gasteiger partial charge in [0, 0.05) is 31.3 Å². The van der Waals surface area contributed by atoms with Crippen molar-refractivity contribution >= 4 is 17.4 Å². The molecule has 0 spiro atoms. The van der Waals surface area contributed by atoms with Crippen LogP contribution in [-0.2, 0) is 4.79 Å². The molecule has 0 unspecified atom stereocenters. The Labute approximate surface area is 104 Å². The quantitative estimate of drug-likeness (QED) is 0.581. The molecular formula is C11H14N4O3. The average molecular weight is 250 g/mol. The third-order valence-corrected chi connectivity index (χ3v) is 2.55. The zero-order chi connectivity index (χ0) is 13.0. The van der Waals surface area contributed by atoms with Crippen LogP contribution in [0.15, 0.2) is 18.3 Å². The molecule has 1 aromatic heterocycles. The standard InChI is InChI=1S/C11H14N4O3/c16-11(14-8-1-2-8)4-6-13-10-7-9(15(17)18)3-5-12-10/h3,5,7-8H,1-2,4,6H2,(H,12,13)(H,14,16). The largest absolute Gasteiger partial charge is 0.369 e. The van der Waals surface area contributed by atoms with Gasteiger partial charge < -0.3 is 10.6 Å². The van der Waals surface area contributed by atoms with Crippen LogP contribution in [0.1, 0.15) is 19.3 Å². The van der Waals surface area contributed by atoms with Crippen LogP contribution >= 0.6 is 0 Å². The fraction of sp³-hybridized carbons (Fsp3) is 0.455. The third-order valence-electron chi connectivity index (χ3n) is 2.55. The highest BCUT2D eigenvalue weighted by Gasteiger charge is 2.22. The lowest BCUT2D eigenvalue weighted by Gasteiger charge is -2.05. The molecule has 1 fully saturated rings. The number of carbonyl (C=O) groups excluding carboxylic acids is 1. The summed E-state index contributed by atoms with van der Waals surface area (Å²) >= 11 is 0. The second-order valence-corrected chi connectivity index (χ2v) is 4.17. The second kappa shape index (κ2) is 5.44. The van der Waals surface area contributed by atoms with Gasteiger partial charge in [0.1, 0.15) is 5.82 Å². The molecule has 7 heteroatoms. The molecule has 0 aliphatic heterocycles. The average Bonchev–Trinajstić information content (AvgIpc) is 3.13. The van der Waals surface area contributed by atoms with Crippen molar-refractivity contribution < 1.29 is 9.72 Å². The number of pyridine rings is 1. The van der Waals surface area contributed by atoms with Crippen LogP contribution in [-0.4, -0.2) is 28.4 Å². The molecule has 2 N–H and O–H groups in total. The third kappa shape index (κ3) is 3.69. The lowest BCUT2D eigenvalue weighted by Crippen LogP contribution is -2.27. The minimum absolute atomic E-state index is 0.00423. The number of nitrogens with zero attached hydrogens (tertiary/aromatic N) is 2. The molecule has 0 radical (unpaired) electrons. The summed E-state index contributed by atoms with van der Waals surface area (Å²) in [6, 6.07) is 3.03. The number of hydrogen-bond donors (Lipinski definition) is 2. The summed E-state index contributed by atoms with van der Waals surface area (Å²) in [5.41, 5.74) is -0.0186. The van der Waals surface area contributed by atoms with E-state index in [4.69, 9.17) is 0 Å². The van der Waals surface area contributed by atoms with Crippen molar-refractivity contribution in [3.8, 4) is 0 Å². The van der Waals surface area contributed by atoms with E-state index in [0.29, 0.717) is 24.8 Å². The highest BCUT2D eigenvalue weighted by molar-refractivity contribution is 5.77. The molecule has 0 bridgehead atoms. The van der Waals surface area contributed by atoms with Gasteiger partial charge in [-0.25, -0.2) is 4.98 Å². The van der Waals surface area contributed by atoms with E-state index < -0.39 is 4.92 Å². The van der Waals surface area contributed by atoms with Crippen molar-refractivity contribution in [1.29, 1.82) is 0 Å². The molecule has 1 saturated carbocycles. The fourth-order valence-corrected chi connectivity index (χ4v) is 1.46. The molecule has 1 amide bonds. The van der Waals surface area contributed by atoms with Crippen LogP contribution in [0.3, 0.4) is 0 Å². The Kier molecular flexibility index (Phi) is 3.71. The summed E-state index contributed by atoms with van der Waals surface area (Å²) in [4.78, 5) is 25.4. The van der Waals surface area contributed by atoms with Crippen molar-refractivity contribution in [2.45, 2.75) is 25.3 Å². The van der Waals surface area contributed by atoms with Crippen LogP contribution in [0.5, 0.6) is 0 Å². The van der Waals surface area contributed by atoms with Gasteiger partial charge in [0.25, 0.3) is 5.69 Å². The SMILES string of the molecule is O=C(CCNc1cc([N+](=O)[O-])ccn1)NC1CC1. The monoisotopic (exact) mass is 250 g/mol. The van der Waals surface area contributed by atoms with Gasteiger partial charge in [-0.2, -0.15) is 0 Å². The van der Waals surface area contributed by atoms with E-state index in [9.17, 15) is 14.9 Å². The first kappa shape index (κ1) is 12.3. The predicted octanol–water partition coefficient (Wildman–Crippen LogP) is 1.07. The Hall–Kier alpha value is -2.18. The molecule has 1 aliphatic rings. The predicted molar refractivity (Wildman–Crippen MR) is 65.2 cm³/mol. The van der Waals surface area contributed by atoms with Gasteiger partial charge in [0.05, 0.1) is 11.0 Å². The molecule has 2 rings (SSSR count). The van der Waals surface area contributed by atoms with Crippen molar-refractivity contribution in [1.82, 2.24) is 10.3 Å². The highest BCUT2D eigenvalue weighted by Crippen LogP contribution is 2.18. The van der Waals surface area contributed by atoms with Gasteiger partial charge in [-0.1, -0.05) is 0 Å². The normalized spacial score (nSPS) is 14.0. The van der Waals surface area contributed by atoms with Crippen LogP contribution in [0.2, 0.25) is 0 Å². The van der Waals surface area contributed by atoms with Crippen LogP contribution in [0.4, 0.5) is 11.5 Å². The molecule has 0 atom stereocenters. The van der Waals surface area contributed by atoms with Gasteiger partial charge in [-0.05, 0) is 12.8 Å². The first-order valence-corrected chi connectivity index (χ1v) is 5.79. The van der Waals surface area contributed by atoms with E-state index in [1.165, 1.54) is 18.3 Å². The minimum atomic E-state index is -0.480. The van der Waals surface area contributed by atoms with E-state index in [1.54, 1.807) is 0 Å². The van der Waals surface area contributed by atoms with E-state index >= 15 is 0 Å². The molecule has 1 aromatic rings. The maximum Gasteiger partial charge on any atom is 0.274 e. The number of hydrogen-bond acceptors (Lipinski definition) is 5. The Bertz CT molecular complexity index is 459. The van der Waals surface area contributed by atoms with E-state index in [-0.39, 0.29) is 11.6 Å². The Morgan fingerprint density at radius 3 is 3.00 bits per heavy atom. The summed E-state index contributed by atoms with van der Waals surface area (Å²) in [7, 11) is 0. The van der Waals surface area contributed by atoms with Gasteiger partial charge >= 0.3 is 0 Å². The zero-order valence-corrected chi connectivity index (χ0v) is 9.76. The fourth-order valence-electron chi connectivity index (χ4n) is 1.46. The Balaban J connectivity index is 1.76. The van der Waals surface area contributed by atoms with Crippen molar-refractivity contribution in [3.63, 3.8) is 0 Å². The van der Waals surface area contributed by atoms with E-state index in [2.05, 4.69) is 15.6 Å². The number of nitrogens with one attached hydrogen (secondary N) is 2. The summed E-state index contributed by atoms with van der Waals surface area (Å²) in [5, 5.41) is 16.3. The summed E-state index contributed by atoms with van der Waals surface area (Å²) in [6.07, 6.45) is 3.82. The molecule has 18 heavy (non-hydrogen) atoms. The van der Waals surface area contributed by atoms with Gasteiger partial charge in [-0.3, -0.25) is 14.9 Å². The van der Waals surface area contributed by atoms with Gasteiger partial charge in [0.15, 0.2) is 0 Å². The molecule has 0 aromatic carbocycles. The Morgan fingerprint density at radius 1 is 1.56 bits per heavy atom. The first-order valence-electron chi connectivity index (χ1n) is 5.79.